The summed E-state index contributed by atoms with van der Waals surface area (Å²) < 4.78 is 11.0. The Hall–Kier alpha value is -2.27. The van der Waals surface area contributed by atoms with Crippen LogP contribution >= 0.6 is 11.8 Å². The number of ether oxygens (including phenoxy) is 2. The highest BCUT2D eigenvalue weighted by Crippen LogP contribution is 2.37. The van der Waals surface area contributed by atoms with Gasteiger partial charge in [0.25, 0.3) is 0 Å². The van der Waals surface area contributed by atoms with E-state index in [0.29, 0.717) is 22.7 Å². The monoisotopic (exact) mass is 382 g/mol. The summed E-state index contributed by atoms with van der Waals surface area (Å²) >= 11 is 1.66. The highest BCUT2D eigenvalue weighted by Gasteiger charge is 2.15. The molecule has 0 aliphatic heterocycles. The zero-order valence-corrected chi connectivity index (χ0v) is 17.6. The second-order valence-electron chi connectivity index (χ2n) is 7.02. The fourth-order valence-corrected chi connectivity index (χ4v) is 3.66. The summed E-state index contributed by atoms with van der Waals surface area (Å²) in [5, 5.41) is 2.13. The second-order valence-corrected chi connectivity index (χ2v) is 8.57. The van der Waals surface area contributed by atoms with E-state index in [1.165, 1.54) is 5.56 Å². The van der Waals surface area contributed by atoms with Gasteiger partial charge in [0.2, 0.25) is 0 Å². The van der Waals surface area contributed by atoms with Gasteiger partial charge in [-0.25, -0.2) is 9.97 Å². The summed E-state index contributed by atoms with van der Waals surface area (Å²) in [6, 6.07) is 12.5. The van der Waals surface area contributed by atoms with Gasteiger partial charge in [0, 0.05) is 22.3 Å². The zero-order chi connectivity index (χ0) is 19.6. The van der Waals surface area contributed by atoms with E-state index in [1.54, 1.807) is 26.0 Å². The largest absolute Gasteiger partial charge is 0.493 e. The Bertz CT molecular complexity index is 937. The molecule has 3 aromatic rings. The third-order valence-electron chi connectivity index (χ3n) is 4.37. The Balaban J connectivity index is 2.23. The Morgan fingerprint density at radius 2 is 1.48 bits per heavy atom. The number of hydrogen-bond acceptors (Lipinski definition) is 5. The number of nitrogens with zero attached hydrogens (tertiary/aromatic N) is 2. The number of hydrogen-bond donors (Lipinski definition) is 0. The summed E-state index contributed by atoms with van der Waals surface area (Å²) in [4.78, 5) is 9.62. The van der Waals surface area contributed by atoms with Crippen LogP contribution in [0.15, 0.2) is 41.6 Å². The van der Waals surface area contributed by atoms with Gasteiger partial charge in [-0.1, -0.05) is 63.7 Å². The van der Waals surface area contributed by atoms with E-state index in [-0.39, 0.29) is 0 Å². The summed E-state index contributed by atoms with van der Waals surface area (Å²) in [6.45, 7) is 8.68. The van der Waals surface area contributed by atoms with Crippen molar-refractivity contribution >= 4 is 22.7 Å². The van der Waals surface area contributed by atoms with Crippen LogP contribution in [-0.4, -0.2) is 29.4 Å². The lowest BCUT2D eigenvalue weighted by Gasteiger charge is -2.14. The molecular formula is C22H26N2O2S. The first-order valence-electron chi connectivity index (χ1n) is 9.13. The molecule has 4 nitrogen and oxygen atoms in total. The SMILES string of the molecule is COc1cc2nc(SC(C)C)nc(-c3ccc(C(C)C)cc3)c2cc1OC. The third kappa shape index (κ3) is 4.19. The van der Waals surface area contributed by atoms with Crippen molar-refractivity contribution in [3.63, 3.8) is 0 Å². The van der Waals surface area contributed by atoms with Crippen molar-refractivity contribution in [2.24, 2.45) is 0 Å². The maximum absolute atomic E-state index is 5.49. The van der Waals surface area contributed by atoms with Crippen molar-refractivity contribution < 1.29 is 9.47 Å². The van der Waals surface area contributed by atoms with Gasteiger partial charge in [-0.3, -0.25) is 0 Å². The minimum absolute atomic E-state index is 0.402. The van der Waals surface area contributed by atoms with Crippen molar-refractivity contribution in [2.45, 2.75) is 44.0 Å². The van der Waals surface area contributed by atoms with Gasteiger partial charge in [-0.2, -0.15) is 0 Å². The molecule has 0 bridgehead atoms. The van der Waals surface area contributed by atoms with E-state index in [9.17, 15) is 0 Å². The lowest BCUT2D eigenvalue weighted by atomic mass is 9.99. The van der Waals surface area contributed by atoms with Gasteiger partial charge < -0.3 is 9.47 Å². The van der Waals surface area contributed by atoms with Crippen molar-refractivity contribution in [1.29, 1.82) is 0 Å². The molecule has 0 amide bonds. The van der Waals surface area contributed by atoms with Gasteiger partial charge >= 0.3 is 0 Å². The van der Waals surface area contributed by atoms with Crippen molar-refractivity contribution in [3.05, 3.63) is 42.0 Å². The highest BCUT2D eigenvalue weighted by atomic mass is 32.2. The van der Waals surface area contributed by atoms with E-state index in [2.05, 4.69) is 52.0 Å². The molecule has 0 spiro atoms. The van der Waals surface area contributed by atoms with Gasteiger partial charge in [0.1, 0.15) is 0 Å². The standard InChI is InChI=1S/C22H26N2O2S/c1-13(2)15-7-9-16(10-8-15)21-17-11-19(25-5)20(26-6)12-18(17)23-22(24-21)27-14(3)4/h7-14H,1-6H3. The average molecular weight is 383 g/mol. The lowest BCUT2D eigenvalue weighted by molar-refractivity contribution is 0.355. The lowest BCUT2D eigenvalue weighted by Crippen LogP contribution is -1.99. The molecule has 0 unspecified atom stereocenters. The van der Waals surface area contributed by atoms with Crippen molar-refractivity contribution in [2.75, 3.05) is 14.2 Å². The molecule has 27 heavy (non-hydrogen) atoms. The summed E-state index contributed by atoms with van der Waals surface area (Å²) in [5.41, 5.74) is 4.16. The molecule has 142 valence electrons. The third-order valence-corrected chi connectivity index (χ3v) is 5.24. The second kappa shape index (κ2) is 8.17. The first-order valence-corrected chi connectivity index (χ1v) is 10.0. The molecule has 0 saturated carbocycles. The first kappa shape index (κ1) is 19.5. The van der Waals surface area contributed by atoms with Gasteiger partial charge in [-0.05, 0) is 17.5 Å². The van der Waals surface area contributed by atoms with Crippen LogP contribution in [0.5, 0.6) is 11.5 Å². The fourth-order valence-electron chi connectivity index (χ4n) is 2.94. The van der Waals surface area contributed by atoms with E-state index in [0.717, 1.165) is 27.3 Å². The van der Waals surface area contributed by atoms with E-state index in [4.69, 9.17) is 19.4 Å². The molecule has 1 heterocycles. The quantitative estimate of drug-likeness (QED) is 0.390. The van der Waals surface area contributed by atoms with E-state index in [1.807, 2.05) is 12.1 Å². The maximum Gasteiger partial charge on any atom is 0.188 e. The van der Waals surface area contributed by atoms with E-state index < -0.39 is 0 Å². The van der Waals surface area contributed by atoms with Crippen molar-refractivity contribution in [1.82, 2.24) is 9.97 Å². The summed E-state index contributed by atoms with van der Waals surface area (Å²) in [6.07, 6.45) is 0. The number of methoxy groups -OCH3 is 2. The number of aromatic nitrogens is 2. The molecule has 0 radical (unpaired) electrons. The topological polar surface area (TPSA) is 44.2 Å². The normalized spacial score (nSPS) is 11.4. The Labute approximate surface area is 165 Å². The molecule has 0 aliphatic carbocycles. The Kier molecular flexibility index (Phi) is 5.90. The van der Waals surface area contributed by atoms with Crippen LogP contribution in [0, 0.1) is 0 Å². The van der Waals surface area contributed by atoms with Crippen LogP contribution in [0.2, 0.25) is 0 Å². The highest BCUT2D eigenvalue weighted by molar-refractivity contribution is 7.99. The van der Waals surface area contributed by atoms with E-state index >= 15 is 0 Å². The predicted octanol–water partition coefficient (Wildman–Crippen LogP) is 5.94. The molecule has 0 saturated heterocycles. The predicted molar refractivity (Wildman–Crippen MR) is 113 cm³/mol. The van der Waals surface area contributed by atoms with Gasteiger partial charge in [-0.15, -0.1) is 0 Å². The number of benzene rings is 2. The van der Waals surface area contributed by atoms with Crippen LogP contribution in [0.4, 0.5) is 0 Å². The number of fused-ring (bicyclic) bond motifs is 1. The molecule has 0 aliphatic rings. The minimum Gasteiger partial charge on any atom is -0.493 e. The average Bonchev–Trinajstić information content (AvgIpc) is 2.65. The molecule has 1 aromatic heterocycles. The fraction of sp³-hybridized carbons (Fsp3) is 0.364. The molecule has 0 atom stereocenters. The minimum atomic E-state index is 0.402. The molecular weight excluding hydrogens is 356 g/mol. The van der Waals surface area contributed by atoms with Crippen LogP contribution < -0.4 is 9.47 Å². The molecule has 0 N–H and O–H groups in total. The smallest absolute Gasteiger partial charge is 0.188 e. The van der Waals surface area contributed by atoms with Gasteiger partial charge in [0.15, 0.2) is 16.7 Å². The summed E-state index contributed by atoms with van der Waals surface area (Å²) in [5.74, 6) is 1.85. The Morgan fingerprint density at radius 1 is 0.852 bits per heavy atom. The molecule has 2 aromatic carbocycles. The first-order chi connectivity index (χ1) is 12.9. The molecule has 3 rings (SSSR count). The number of thioether (sulfide) groups is 1. The van der Waals surface area contributed by atoms with Gasteiger partial charge in [0.05, 0.1) is 25.4 Å². The summed E-state index contributed by atoms with van der Waals surface area (Å²) in [7, 11) is 3.28. The molecule has 5 heteroatoms. The van der Waals surface area contributed by atoms with Crippen molar-refractivity contribution in [3.8, 4) is 22.8 Å². The van der Waals surface area contributed by atoms with Crippen LogP contribution in [0.3, 0.4) is 0 Å². The maximum atomic E-state index is 5.49. The van der Waals surface area contributed by atoms with Crippen LogP contribution in [-0.2, 0) is 0 Å². The van der Waals surface area contributed by atoms with Crippen LogP contribution in [0.25, 0.3) is 22.2 Å². The number of rotatable bonds is 6. The molecule has 0 fully saturated rings. The zero-order valence-electron chi connectivity index (χ0n) is 16.7. The van der Waals surface area contributed by atoms with Crippen LogP contribution in [0.1, 0.15) is 39.2 Å². The Morgan fingerprint density at radius 3 is 2.04 bits per heavy atom.